The minimum atomic E-state index is -0.424. The molecule has 1 aromatic heterocycles. The van der Waals surface area contributed by atoms with Crippen LogP contribution in [0.25, 0.3) is 0 Å². The first-order valence-electron chi connectivity index (χ1n) is 8.51. The average molecular weight is 415 g/mol. The molecule has 0 aliphatic carbocycles. The van der Waals surface area contributed by atoms with E-state index in [-0.39, 0.29) is 5.91 Å². The van der Waals surface area contributed by atoms with Gasteiger partial charge in [0.15, 0.2) is 0 Å². The fourth-order valence-corrected chi connectivity index (χ4v) is 3.50. The smallest absolute Gasteiger partial charge is 0.267 e. The number of halogens is 1. The second-order valence-corrected chi connectivity index (χ2v) is 7.63. The second kappa shape index (κ2) is 8.95. The van der Waals surface area contributed by atoms with Gasteiger partial charge in [-0.05, 0) is 55.0 Å². The van der Waals surface area contributed by atoms with Crippen molar-refractivity contribution in [3.05, 3.63) is 82.1 Å². The maximum atomic E-state index is 12.2. The predicted molar refractivity (Wildman–Crippen MR) is 110 cm³/mol. The van der Waals surface area contributed by atoms with E-state index in [0.717, 1.165) is 21.9 Å². The van der Waals surface area contributed by atoms with Gasteiger partial charge < -0.3 is 0 Å². The highest BCUT2D eigenvalue weighted by molar-refractivity contribution is 7.98. The van der Waals surface area contributed by atoms with E-state index in [1.165, 1.54) is 4.68 Å². The van der Waals surface area contributed by atoms with Gasteiger partial charge in [-0.3, -0.25) is 25.1 Å². The minimum absolute atomic E-state index is 0.368. The number of benzene rings is 2. The number of hydrogen-bond acceptors (Lipinski definition) is 4. The van der Waals surface area contributed by atoms with E-state index in [2.05, 4.69) is 16.0 Å². The molecule has 2 amide bonds. The van der Waals surface area contributed by atoms with Crippen LogP contribution in [0.5, 0.6) is 0 Å². The van der Waals surface area contributed by atoms with Crippen LogP contribution in [0.3, 0.4) is 0 Å². The van der Waals surface area contributed by atoms with Gasteiger partial charge in [-0.2, -0.15) is 5.10 Å². The molecule has 2 N–H and O–H groups in total. The average Bonchev–Trinajstić information content (AvgIpc) is 3.04. The number of thioether (sulfide) groups is 1. The predicted octanol–water partition coefficient (Wildman–Crippen LogP) is 3.75. The van der Waals surface area contributed by atoms with Crippen LogP contribution in [-0.2, 0) is 12.8 Å². The highest BCUT2D eigenvalue weighted by Gasteiger charge is 2.13. The molecule has 0 unspecified atom stereocenters. The lowest BCUT2D eigenvalue weighted by Gasteiger charge is -2.08. The van der Waals surface area contributed by atoms with Gasteiger partial charge in [-0.15, -0.1) is 11.8 Å². The Labute approximate surface area is 172 Å². The van der Waals surface area contributed by atoms with Crippen molar-refractivity contribution in [2.45, 2.75) is 17.6 Å². The number of nitrogens with zero attached hydrogens (tertiary/aromatic N) is 2. The Balaban J connectivity index is 1.52. The van der Waals surface area contributed by atoms with Gasteiger partial charge >= 0.3 is 0 Å². The van der Waals surface area contributed by atoms with E-state index >= 15 is 0 Å². The molecule has 0 radical (unpaired) electrons. The lowest BCUT2D eigenvalue weighted by molar-refractivity contribution is 0.0841. The maximum Gasteiger partial charge on any atom is 0.287 e. The summed E-state index contributed by atoms with van der Waals surface area (Å²) in [6.07, 6.45) is 0. The zero-order valence-electron chi connectivity index (χ0n) is 15.4. The molecule has 0 aliphatic heterocycles. The Morgan fingerprint density at radius 3 is 2.29 bits per heavy atom. The van der Waals surface area contributed by atoms with Crippen LogP contribution in [0.2, 0.25) is 5.02 Å². The van der Waals surface area contributed by atoms with E-state index in [0.29, 0.717) is 16.3 Å². The molecule has 3 rings (SSSR count). The molecule has 0 atom stereocenters. The first-order chi connectivity index (χ1) is 13.4. The lowest BCUT2D eigenvalue weighted by Crippen LogP contribution is -2.42. The Bertz CT molecular complexity index is 984. The molecule has 6 nitrogen and oxygen atoms in total. The molecule has 0 spiro atoms. The molecule has 28 heavy (non-hydrogen) atoms. The minimum Gasteiger partial charge on any atom is -0.267 e. The zero-order valence-corrected chi connectivity index (χ0v) is 17.0. The van der Waals surface area contributed by atoms with Gasteiger partial charge in [0.2, 0.25) is 0 Å². The van der Waals surface area contributed by atoms with Crippen molar-refractivity contribution in [1.82, 2.24) is 20.6 Å². The van der Waals surface area contributed by atoms with Gasteiger partial charge in [0.25, 0.3) is 11.8 Å². The largest absolute Gasteiger partial charge is 0.287 e. The number of carbonyl (C=O) groups is 2. The van der Waals surface area contributed by atoms with E-state index in [9.17, 15) is 9.59 Å². The van der Waals surface area contributed by atoms with Crippen LogP contribution in [0, 0.1) is 6.92 Å². The number of aromatic nitrogens is 2. The number of hydrazine groups is 1. The summed E-state index contributed by atoms with van der Waals surface area (Å²) in [6, 6.07) is 16.6. The van der Waals surface area contributed by atoms with Crippen molar-refractivity contribution >= 4 is 35.2 Å². The van der Waals surface area contributed by atoms with Gasteiger partial charge in [-0.1, -0.05) is 23.7 Å². The van der Waals surface area contributed by atoms with Crippen LogP contribution in [0.4, 0.5) is 0 Å². The van der Waals surface area contributed by atoms with Crippen LogP contribution in [-0.4, -0.2) is 21.6 Å². The number of nitrogens with one attached hydrogen (secondary N) is 2. The van der Waals surface area contributed by atoms with Crippen molar-refractivity contribution in [3.8, 4) is 0 Å². The number of hydrogen-bond donors (Lipinski definition) is 2. The third-order valence-corrected chi connectivity index (χ3v) is 5.29. The van der Waals surface area contributed by atoms with Gasteiger partial charge in [0.1, 0.15) is 5.69 Å². The summed E-state index contributed by atoms with van der Waals surface area (Å²) in [6.45, 7) is 1.79. The number of amides is 2. The fraction of sp³-hybridized carbons (Fsp3) is 0.150. The van der Waals surface area contributed by atoms with Crippen molar-refractivity contribution in [2.75, 3.05) is 0 Å². The summed E-state index contributed by atoms with van der Waals surface area (Å²) in [7, 11) is 1.67. The summed E-state index contributed by atoms with van der Waals surface area (Å²) in [5.74, 6) is -0.0308. The van der Waals surface area contributed by atoms with Gasteiger partial charge in [-0.25, -0.2) is 0 Å². The summed E-state index contributed by atoms with van der Waals surface area (Å²) in [5, 5.41) is 4.82. The molecule has 0 saturated heterocycles. The van der Waals surface area contributed by atoms with E-state index in [1.54, 1.807) is 43.9 Å². The molecule has 3 aromatic rings. The van der Waals surface area contributed by atoms with E-state index < -0.39 is 5.91 Å². The first kappa shape index (κ1) is 20.0. The molecule has 144 valence electrons. The van der Waals surface area contributed by atoms with E-state index in [1.807, 2.05) is 36.4 Å². The summed E-state index contributed by atoms with van der Waals surface area (Å²) < 4.78 is 1.46. The number of rotatable bonds is 5. The van der Waals surface area contributed by atoms with Crippen molar-refractivity contribution in [3.63, 3.8) is 0 Å². The zero-order chi connectivity index (χ0) is 20.1. The quantitative estimate of drug-likeness (QED) is 0.492. The summed E-state index contributed by atoms with van der Waals surface area (Å²) in [5.41, 5.74) is 7.47. The Morgan fingerprint density at radius 1 is 1.04 bits per heavy atom. The molecule has 2 aromatic carbocycles. The molecular weight excluding hydrogens is 396 g/mol. The van der Waals surface area contributed by atoms with Crippen molar-refractivity contribution < 1.29 is 9.59 Å². The third kappa shape index (κ3) is 5.15. The fourth-order valence-electron chi connectivity index (χ4n) is 2.52. The van der Waals surface area contributed by atoms with Crippen LogP contribution in [0.1, 0.15) is 32.1 Å². The maximum absolute atomic E-state index is 12.2. The van der Waals surface area contributed by atoms with Crippen LogP contribution < -0.4 is 10.9 Å². The van der Waals surface area contributed by atoms with Crippen LogP contribution in [0.15, 0.2) is 59.5 Å². The van der Waals surface area contributed by atoms with E-state index in [4.69, 9.17) is 11.6 Å². The van der Waals surface area contributed by atoms with Crippen LogP contribution >= 0.6 is 23.4 Å². The number of aryl methyl sites for hydroxylation is 2. The molecular formula is C20H19ClN4O2S. The summed E-state index contributed by atoms with van der Waals surface area (Å²) >= 11 is 7.57. The molecule has 1 heterocycles. The Morgan fingerprint density at radius 2 is 1.68 bits per heavy atom. The summed E-state index contributed by atoms with van der Waals surface area (Å²) in [4.78, 5) is 25.5. The first-order valence-corrected chi connectivity index (χ1v) is 9.87. The molecule has 0 aliphatic rings. The topological polar surface area (TPSA) is 76.0 Å². The molecule has 0 saturated carbocycles. The van der Waals surface area contributed by atoms with Gasteiger partial charge in [0, 0.05) is 28.3 Å². The molecule has 0 bridgehead atoms. The Kier molecular flexibility index (Phi) is 6.38. The standard InChI is InChI=1S/C20H19ClN4O2S/c1-13-11-18(25(2)24-13)20(27)23-22-19(26)15-5-3-14(4-6-15)12-28-17-9-7-16(21)8-10-17/h3-11H,12H2,1-2H3,(H,22,26)(H,23,27). The molecule has 0 fully saturated rings. The number of carbonyl (C=O) groups excluding carboxylic acids is 2. The van der Waals surface area contributed by atoms with Crippen molar-refractivity contribution in [1.29, 1.82) is 0 Å². The second-order valence-electron chi connectivity index (χ2n) is 6.14. The SMILES string of the molecule is Cc1cc(C(=O)NNC(=O)c2ccc(CSc3ccc(Cl)cc3)cc2)n(C)n1. The molecule has 8 heteroatoms. The Hall–Kier alpha value is -2.77. The highest BCUT2D eigenvalue weighted by Crippen LogP contribution is 2.24. The third-order valence-electron chi connectivity index (χ3n) is 3.96. The van der Waals surface area contributed by atoms with Crippen molar-refractivity contribution in [2.24, 2.45) is 7.05 Å². The van der Waals surface area contributed by atoms with Gasteiger partial charge in [0.05, 0.1) is 5.69 Å². The monoisotopic (exact) mass is 414 g/mol. The normalized spacial score (nSPS) is 10.5. The lowest BCUT2D eigenvalue weighted by atomic mass is 10.1. The highest BCUT2D eigenvalue weighted by atomic mass is 35.5.